The van der Waals surface area contributed by atoms with Crippen molar-refractivity contribution in [1.29, 1.82) is 0 Å². The molecule has 0 saturated heterocycles. The predicted molar refractivity (Wildman–Crippen MR) is 67.3 cm³/mol. The highest BCUT2D eigenvalue weighted by Crippen LogP contribution is 2.02. The lowest BCUT2D eigenvalue weighted by molar-refractivity contribution is -0.141. The molecule has 3 heteroatoms. The molecule has 0 aliphatic heterocycles. The monoisotopic (exact) mass is 276 g/mol. The van der Waals surface area contributed by atoms with E-state index in [0.717, 1.165) is 24.6 Å². The van der Waals surface area contributed by atoms with Gasteiger partial charge in [0, 0.05) is 12.3 Å². The number of alkyl halides is 1. The molecule has 0 radical (unpaired) electrons. The minimum atomic E-state index is -0.180. The van der Waals surface area contributed by atoms with Crippen LogP contribution in [-0.4, -0.2) is 17.9 Å². The van der Waals surface area contributed by atoms with Crippen LogP contribution in [0.1, 0.15) is 45.4 Å². The number of rotatable bonds is 9. The van der Waals surface area contributed by atoms with Gasteiger partial charge in [-0.3, -0.25) is 4.79 Å². The van der Waals surface area contributed by atoms with E-state index in [4.69, 9.17) is 4.74 Å². The average molecular weight is 277 g/mol. The summed E-state index contributed by atoms with van der Waals surface area (Å²) in [7, 11) is 0. The molecule has 88 valence electrons. The Kier molecular flexibility index (Phi) is 11.5. The quantitative estimate of drug-likeness (QED) is 0.277. The summed E-state index contributed by atoms with van der Waals surface area (Å²) in [5.41, 5.74) is 0. The first-order chi connectivity index (χ1) is 7.27. The van der Waals surface area contributed by atoms with E-state index in [9.17, 15) is 4.79 Å². The second kappa shape index (κ2) is 11.8. The highest BCUT2D eigenvalue weighted by atomic mass is 79.9. The standard InChI is InChI=1S/C12H21BrO2/c1-12(14)15-11-9-7-5-3-2-4-6-8-10-13/h2-3H,4-11H2,1H3. The molecule has 0 atom stereocenters. The van der Waals surface area contributed by atoms with Crippen molar-refractivity contribution in [2.24, 2.45) is 0 Å². The fourth-order valence-electron chi connectivity index (χ4n) is 1.17. The van der Waals surface area contributed by atoms with E-state index < -0.39 is 0 Å². The van der Waals surface area contributed by atoms with Crippen LogP contribution >= 0.6 is 15.9 Å². The predicted octanol–water partition coefficient (Wildman–Crippen LogP) is 3.84. The number of ether oxygens (including phenoxy) is 1. The number of carbonyl (C=O) groups is 1. The number of halogens is 1. The van der Waals surface area contributed by atoms with Gasteiger partial charge < -0.3 is 4.74 Å². The van der Waals surface area contributed by atoms with Gasteiger partial charge in [-0.2, -0.15) is 0 Å². The molecule has 0 heterocycles. The number of hydrogen-bond acceptors (Lipinski definition) is 2. The molecule has 0 saturated carbocycles. The van der Waals surface area contributed by atoms with E-state index in [2.05, 4.69) is 28.1 Å². The number of hydrogen-bond donors (Lipinski definition) is 0. The molecule has 0 aromatic heterocycles. The van der Waals surface area contributed by atoms with Crippen molar-refractivity contribution in [3.63, 3.8) is 0 Å². The van der Waals surface area contributed by atoms with E-state index in [-0.39, 0.29) is 5.97 Å². The maximum Gasteiger partial charge on any atom is 0.302 e. The summed E-state index contributed by atoms with van der Waals surface area (Å²) in [6.07, 6.45) is 11.3. The van der Waals surface area contributed by atoms with Crippen LogP contribution in [0.2, 0.25) is 0 Å². The van der Waals surface area contributed by atoms with Crippen LogP contribution in [0.3, 0.4) is 0 Å². The van der Waals surface area contributed by atoms with Crippen LogP contribution in [0.4, 0.5) is 0 Å². The van der Waals surface area contributed by atoms with E-state index in [1.54, 1.807) is 0 Å². The Morgan fingerprint density at radius 2 is 1.73 bits per heavy atom. The molecule has 15 heavy (non-hydrogen) atoms. The van der Waals surface area contributed by atoms with Crippen molar-refractivity contribution in [3.8, 4) is 0 Å². The fourth-order valence-corrected chi connectivity index (χ4v) is 1.57. The zero-order chi connectivity index (χ0) is 11.4. The summed E-state index contributed by atoms with van der Waals surface area (Å²) in [6.45, 7) is 2.01. The minimum absolute atomic E-state index is 0.180. The SMILES string of the molecule is CC(=O)OCCCCC=CCCCCBr. The van der Waals surface area contributed by atoms with Gasteiger partial charge in [-0.15, -0.1) is 0 Å². The highest BCUT2D eigenvalue weighted by molar-refractivity contribution is 9.09. The van der Waals surface area contributed by atoms with Gasteiger partial charge in [0.05, 0.1) is 6.61 Å². The Labute approximate surface area is 101 Å². The number of esters is 1. The van der Waals surface area contributed by atoms with E-state index in [1.165, 1.54) is 26.2 Å². The van der Waals surface area contributed by atoms with Crippen LogP contribution < -0.4 is 0 Å². The summed E-state index contributed by atoms with van der Waals surface area (Å²) < 4.78 is 4.83. The molecule has 0 aliphatic carbocycles. The molecule has 0 spiro atoms. The van der Waals surface area contributed by atoms with Gasteiger partial charge in [0.1, 0.15) is 0 Å². The Morgan fingerprint density at radius 3 is 2.27 bits per heavy atom. The summed E-state index contributed by atoms with van der Waals surface area (Å²) in [4.78, 5) is 10.4. The van der Waals surface area contributed by atoms with Crippen molar-refractivity contribution in [2.45, 2.75) is 45.4 Å². The molecule has 0 fully saturated rings. The summed E-state index contributed by atoms with van der Waals surface area (Å²) in [6, 6.07) is 0. The molecule has 2 nitrogen and oxygen atoms in total. The van der Waals surface area contributed by atoms with E-state index >= 15 is 0 Å². The Balaban J connectivity index is 3.06. The number of unbranched alkanes of at least 4 members (excludes halogenated alkanes) is 4. The Morgan fingerprint density at radius 1 is 1.13 bits per heavy atom. The molecule has 0 aromatic carbocycles. The largest absolute Gasteiger partial charge is 0.466 e. The van der Waals surface area contributed by atoms with Gasteiger partial charge >= 0.3 is 5.97 Å². The molecular weight excluding hydrogens is 256 g/mol. The van der Waals surface area contributed by atoms with Crippen molar-refractivity contribution in [2.75, 3.05) is 11.9 Å². The smallest absolute Gasteiger partial charge is 0.302 e. The average Bonchev–Trinajstić information content (AvgIpc) is 2.20. The third-order valence-corrected chi connectivity index (χ3v) is 2.55. The first kappa shape index (κ1) is 14.7. The third-order valence-electron chi connectivity index (χ3n) is 1.99. The van der Waals surface area contributed by atoms with Crippen LogP contribution in [0.5, 0.6) is 0 Å². The maximum absolute atomic E-state index is 10.4. The molecule has 0 rings (SSSR count). The number of carbonyl (C=O) groups excluding carboxylic acids is 1. The highest BCUT2D eigenvalue weighted by Gasteiger charge is 1.91. The molecule has 0 N–H and O–H groups in total. The zero-order valence-corrected chi connectivity index (χ0v) is 11.1. The topological polar surface area (TPSA) is 26.3 Å². The van der Waals surface area contributed by atoms with Gasteiger partial charge in [-0.25, -0.2) is 0 Å². The van der Waals surface area contributed by atoms with Crippen molar-refractivity contribution in [3.05, 3.63) is 12.2 Å². The van der Waals surface area contributed by atoms with Gasteiger partial charge in [-0.1, -0.05) is 28.1 Å². The Hall–Kier alpha value is -0.310. The lowest BCUT2D eigenvalue weighted by atomic mass is 10.2. The first-order valence-electron chi connectivity index (χ1n) is 5.61. The lowest BCUT2D eigenvalue weighted by Gasteiger charge is -1.99. The second-order valence-electron chi connectivity index (χ2n) is 3.49. The third kappa shape index (κ3) is 13.7. The minimum Gasteiger partial charge on any atom is -0.466 e. The maximum atomic E-state index is 10.4. The zero-order valence-electron chi connectivity index (χ0n) is 9.51. The molecule has 0 aromatic rings. The van der Waals surface area contributed by atoms with Crippen LogP contribution in [0, 0.1) is 0 Å². The van der Waals surface area contributed by atoms with E-state index in [0.29, 0.717) is 6.61 Å². The molecule has 0 unspecified atom stereocenters. The second-order valence-corrected chi connectivity index (χ2v) is 4.28. The van der Waals surface area contributed by atoms with Gasteiger partial charge in [0.25, 0.3) is 0 Å². The van der Waals surface area contributed by atoms with Crippen LogP contribution in [-0.2, 0) is 9.53 Å². The summed E-state index contributed by atoms with van der Waals surface area (Å²) >= 11 is 3.41. The molecule has 0 bridgehead atoms. The summed E-state index contributed by atoms with van der Waals surface area (Å²) in [5.74, 6) is -0.180. The van der Waals surface area contributed by atoms with Crippen LogP contribution in [0.15, 0.2) is 12.2 Å². The fraction of sp³-hybridized carbons (Fsp3) is 0.750. The van der Waals surface area contributed by atoms with E-state index in [1.807, 2.05) is 0 Å². The first-order valence-corrected chi connectivity index (χ1v) is 6.74. The lowest BCUT2D eigenvalue weighted by Crippen LogP contribution is -1.99. The van der Waals surface area contributed by atoms with Crippen molar-refractivity contribution in [1.82, 2.24) is 0 Å². The Bertz CT molecular complexity index is 178. The normalized spacial score (nSPS) is 10.8. The van der Waals surface area contributed by atoms with Gasteiger partial charge in [0.15, 0.2) is 0 Å². The molecule has 0 amide bonds. The number of allylic oxidation sites excluding steroid dienone is 2. The van der Waals surface area contributed by atoms with Gasteiger partial charge in [0.2, 0.25) is 0 Å². The molecular formula is C12H21BrO2. The van der Waals surface area contributed by atoms with Gasteiger partial charge in [-0.05, 0) is 38.5 Å². The van der Waals surface area contributed by atoms with Crippen molar-refractivity contribution >= 4 is 21.9 Å². The molecule has 0 aliphatic rings. The van der Waals surface area contributed by atoms with Crippen LogP contribution in [0.25, 0.3) is 0 Å². The summed E-state index contributed by atoms with van der Waals surface area (Å²) in [5, 5.41) is 1.10. The van der Waals surface area contributed by atoms with Crippen molar-refractivity contribution < 1.29 is 9.53 Å².